The fourth-order valence-corrected chi connectivity index (χ4v) is 3.38. The Kier molecular flexibility index (Phi) is 5.99. The number of amides is 2. The van der Waals surface area contributed by atoms with E-state index in [4.69, 9.17) is 14.9 Å². The molecule has 2 amide bonds. The van der Waals surface area contributed by atoms with Crippen molar-refractivity contribution in [1.82, 2.24) is 4.90 Å². The number of hydrogen-bond acceptors (Lipinski definition) is 6. The molecule has 0 aliphatic carbocycles. The number of carboxylic acids is 2. The van der Waals surface area contributed by atoms with Gasteiger partial charge in [-0.3, -0.25) is 19.3 Å². The molecule has 0 spiro atoms. The summed E-state index contributed by atoms with van der Waals surface area (Å²) in [5.41, 5.74) is 1.53. The van der Waals surface area contributed by atoms with Crippen LogP contribution < -0.4 is 4.74 Å². The maximum Gasteiger partial charge on any atom is 0.335 e. The Morgan fingerprint density at radius 2 is 1.79 bits per heavy atom. The highest BCUT2D eigenvalue weighted by molar-refractivity contribution is 8.18. The summed E-state index contributed by atoms with van der Waals surface area (Å²) in [5, 5.41) is 17.2. The second kappa shape index (κ2) is 8.61. The van der Waals surface area contributed by atoms with Crippen LogP contribution in [0.1, 0.15) is 21.5 Å². The predicted octanol–water partition coefficient (Wildman–Crippen LogP) is 3.08. The zero-order valence-electron chi connectivity index (χ0n) is 14.9. The number of aliphatic carboxylic acids is 1. The van der Waals surface area contributed by atoms with Crippen LogP contribution in [0.3, 0.4) is 0 Å². The average molecular weight is 413 g/mol. The molecule has 1 heterocycles. The summed E-state index contributed by atoms with van der Waals surface area (Å²) in [7, 11) is 0. The van der Waals surface area contributed by atoms with Crippen molar-refractivity contribution >= 4 is 40.9 Å². The molecular weight excluding hydrogens is 398 g/mol. The van der Waals surface area contributed by atoms with Gasteiger partial charge in [-0.2, -0.15) is 0 Å². The lowest BCUT2D eigenvalue weighted by Crippen LogP contribution is -2.33. The van der Waals surface area contributed by atoms with Gasteiger partial charge < -0.3 is 14.9 Å². The van der Waals surface area contributed by atoms with E-state index in [9.17, 15) is 19.2 Å². The monoisotopic (exact) mass is 413 g/mol. The van der Waals surface area contributed by atoms with Crippen molar-refractivity contribution in [3.05, 3.63) is 70.1 Å². The molecule has 0 saturated carbocycles. The van der Waals surface area contributed by atoms with Crippen molar-refractivity contribution in [2.75, 3.05) is 6.54 Å². The van der Waals surface area contributed by atoms with Gasteiger partial charge in [0.05, 0.1) is 10.5 Å². The average Bonchev–Trinajstić information content (AvgIpc) is 2.94. The fourth-order valence-electron chi connectivity index (χ4n) is 2.54. The quantitative estimate of drug-likeness (QED) is 0.664. The molecule has 148 valence electrons. The summed E-state index contributed by atoms with van der Waals surface area (Å²) in [6.07, 6.45) is 1.51. The van der Waals surface area contributed by atoms with E-state index in [1.807, 2.05) is 0 Å². The van der Waals surface area contributed by atoms with Gasteiger partial charge in [-0.15, -0.1) is 0 Å². The first-order valence-electron chi connectivity index (χ1n) is 8.36. The van der Waals surface area contributed by atoms with E-state index in [1.165, 1.54) is 18.2 Å². The number of carboxylic acid groups (broad SMARTS) is 2. The molecule has 0 atom stereocenters. The second-order valence-corrected chi connectivity index (χ2v) is 7.02. The van der Waals surface area contributed by atoms with Gasteiger partial charge in [0, 0.05) is 0 Å². The number of nitrogens with zero attached hydrogens (tertiary/aromatic N) is 1. The maximum atomic E-state index is 12.1. The molecule has 2 aromatic carbocycles. The van der Waals surface area contributed by atoms with Crippen molar-refractivity contribution in [2.24, 2.45) is 0 Å². The molecule has 1 aliphatic rings. The van der Waals surface area contributed by atoms with Gasteiger partial charge in [0.15, 0.2) is 0 Å². The van der Waals surface area contributed by atoms with Crippen LogP contribution in [0.2, 0.25) is 0 Å². The first-order valence-corrected chi connectivity index (χ1v) is 9.17. The second-order valence-electron chi connectivity index (χ2n) is 6.02. The number of carbonyl (C=O) groups excluding carboxylic acids is 2. The van der Waals surface area contributed by atoms with E-state index in [0.29, 0.717) is 33.5 Å². The van der Waals surface area contributed by atoms with Crippen LogP contribution in [0, 0.1) is 0 Å². The van der Waals surface area contributed by atoms with Gasteiger partial charge in [0.2, 0.25) is 0 Å². The molecule has 0 unspecified atom stereocenters. The van der Waals surface area contributed by atoms with Gasteiger partial charge in [-0.05, 0) is 53.2 Å². The van der Waals surface area contributed by atoms with E-state index < -0.39 is 29.6 Å². The van der Waals surface area contributed by atoms with E-state index in [2.05, 4.69) is 0 Å². The molecule has 29 heavy (non-hydrogen) atoms. The lowest BCUT2D eigenvalue weighted by atomic mass is 10.1. The van der Waals surface area contributed by atoms with Gasteiger partial charge >= 0.3 is 11.9 Å². The van der Waals surface area contributed by atoms with Gasteiger partial charge in [-0.1, -0.05) is 24.3 Å². The van der Waals surface area contributed by atoms with E-state index in [0.717, 1.165) is 0 Å². The first-order chi connectivity index (χ1) is 13.8. The van der Waals surface area contributed by atoms with Crippen LogP contribution >= 0.6 is 11.8 Å². The Bertz CT molecular complexity index is 1010. The van der Waals surface area contributed by atoms with E-state index in [-0.39, 0.29) is 17.1 Å². The van der Waals surface area contributed by atoms with Crippen molar-refractivity contribution < 1.29 is 34.1 Å². The minimum Gasteiger partial charge on any atom is -0.489 e. The molecule has 0 radical (unpaired) electrons. The summed E-state index contributed by atoms with van der Waals surface area (Å²) in [6.45, 7) is -0.480. The normalized spacial score (nSPS) is 15.0. The Morgan fingerprint density at radius 3 is 2.45 bits per heavy atom. The Balaban J connectivity index is 1.65. The Hall–Kier alpha value is -3.59. The minimum absolute atomic E-state index is 0.149. The predicted molar refractivity (Wildman–Crippen MR) is 104 cm³/mol. The number of rotatable bonds is 7. The number of carbonyl (C=O) groups is 4. The van der Waals surface area contributed by atoms with Gasteiger partial charge in [0.1, 0.15) is 18.9 Å². The molecule has 0 aromatic heterocycles. The summed E-state index contributed by atoms with van der Waals surface area (Å²) in [4.78, 5) is 46.5. The molecule has 0 bridgehead atoms. The first kappa shape index (κ1) is 20.2. The van der Waals surface area contributed by atoms with Crippen LogP contribution in [0.25, 0.3) is 6.08 Å². The number of thioether (sulfide) groups is 1. The smallest absolute Gasteiger partial charge is 0.335 e. The Morgan fingerprint density at radius 1 is 1.07 bits per heavy atom. The van der Waals surface area contributed by atoms with Crippen molar-refractivity contribution in [1.29, 1.82) is 0 Å². The summed E-state index contributed by atoms with van der Waals surface area (Å²) in [6, 6.07) is 13.2. The maximum absolute atomic E-state index is 12.1. The van der Waals surface area contributed by atoms with Gasteiger partial charge in [0.25, 0.3) is 11.1 Å². The number of ether oxygens (including phenoxy) is 1. The Labute approximate surface area is 169 Å². The highest BCUT2D eigenvalue weighted by Gasteiger charge is 2.36. The molecule has 2 N–H and O–H groups in total. The summed E-state index contributed by atoms with van der Waals surface area (Å²) < 4.78 is 5.64. The molecule has 3 rings (SSSR count). The lowest BCUT2D eigenvalue weighted by Gasteiger charge is -2.08. The van der Waals surface area contributed by atoms with Crippen LogP contribution in [0.5, 0.6) is 5.75 Å². The van der Waals surface area contributed by atoms with Crippen molar-refractivity contribution in [3.63, 3.8) is 0 Å². The number of hydrogen-bond donors (Lipinski definition) is 2. The van der Waals surface area contributed by atoms with E-state index >= 15 is 0 Å². The van der Waals surface area contributed by atoms with E-state index in [1.54, 1.807) is 36.4 Å². The molecule has 1 fully saturated rings. The third-order valence-electron chi connectivity index (χ3n) is 3.92. The highest BCUT2D eigenvalue weighted by atomic mass is 32.2. The minimum atomic E-state index is -1.26. The number of benzene rings is 2. The zero-order valence-corrected chi connectivity index (χ0v) is 15.7. The van der Waals surface area contributed by atoms with Crippen LogP contribution in [0.15, 0.2) is 53.4 Å². The SMILES string of the molecule is O=C(O)CN1C(=O)S/C(=C/c2ccc(OCc3cccc(C(=O)O)c3)cc2)C1=O. The van der Waals surface area contributed by atoms with Crippen LogP contribution in [0.4, 0.5) is 4.79 Å². The summed E-state index contributed by atoms with van der Waals surface area (Å²) in [5.74, 6) is -2.36. The number of aromatic carboxylic acids is 1. The third-order valence-corrected chi connectivity index (χ3v) is 4.83. The molecule has 9 heteroatoms. The molecule has 1 aliphatic heterocycles. The number of imide groups is 1. The third kappa shape index (κ3) is 5.02. The lowest BCUT2D eigenvalue weighted by molar-refractivity contribution is -0.140. The topological polar surface area (TPSA) is 121 Å². The van der Waals surface area contributed by atoms with Crippen LogP contribution in [-0.4, -0.2) is 44.7 Å². The summed E-state index contributed by atoms with van der Waals surface area (Å²) >= 11 is 0.690. The van der Waals surface area contributed by atoms with Crippen LogP contribution in [-0.2, 0) is 16.2 Å². The fraction of sp³-hybridized carbons (Fsp3) is 0.100. The molecular formula is C20H15NO7S. The standard InChI is InChI=1S/C20H15NO7S/c22-17(23)10-21-18(24)16(29-20(21)27)9-12-4-6-15(7-5-12)28-11-13-2-1-3-14(8-13)19(25)26/h1-9H,10-11H2,(H,22,23)(H,25,26)/b16-9+. The zero-order chi connectivity index (χ0) is 21.0. The molecule has 8 nitrogen and oxygen atoms in total. The highest BCUT2D eigenvalue weighted by Crippen LogP contribution is 2.32. The largest absolute Gasteiger partial charge is 0.489 e. The van der Waals surface area contributed by atoms with Gasteiger partial charge in [-0.25, -0.2) is 4.79 Å². The molecule has 1 saturated heterocycles. The molecule has 2 aromatic rings. The van der Waals surface area contributed by atoms with Crippen molar-refractivity contribution in [2.45, 2.75) is 6.61 Å². The van der Waals surface area contributed by atoms with Crippen molar-refractivity contribution in [3.8, 4) is 5.75 Å².